The molecular weight excluding hydrogens is 372 g/mol. The molecule has 0 bridgehead atoms. The third kappa shape index (κ3) is 4.27. The van der Waals surface area contributed by atoms with Crippen molar-refractivity contribution in [2.75, 3.05) is 5.32 Å². The summed E-state index contributed by atoms with van der Waals surface area (Å²) in [4.78, 5) is 16.6. The minimum absolute atomic E-state index is 0.0504. The summed E-state index contributed by atoms with van der Waals surface area (Å²) in [6.45, 7) is 2.03. The second-order valence-electron chi connectivity index (χ2n) is 5.26. The molecule has 0 unspecified atom stereocenters. The summed E-state index contributed by atoms with van der Waals surface area (Å²) in [5, 5.41) is 5.44. The minimum atomic E-state index is -0.0504. The van der Waals surface area contributed by atoms with Crippen LogP contribution in [0.2, 0.25) is 0 Å². The quantitative estimate of drug-likeness (QED) is 0.680. The fourth-order valence-electron chi connectivity index (χ4n) is 2.14. The molecule has 3 rings (SSSR count). The van der Waals surface area contributed by atoms with E-state index >= 15 is 0 Å². The normalized spacial score (nSPS) is 10.5. The van der Waals surface area contributed by atoms with Crippen molar-refractivity contribution in [1.82, 2.24) is 4.98 Å². The van der Waals surface area contributed by atoms with E-state index in [1.54, 1.807) is 0 Å². The van der Waals surface area contributed by atoms with E-state index in [-0.39, 0.29) is 5.91 Å². The molecule has 0 aliphatic carbocycles. The molecular formula is C18H15BrN2OS. The summed E-state index contributed by atoms with van der Waals surface area (Å²) in [6.07, 6.45) is 0.355. The number of rotatable bonds is 4. The van der Waals surface area contributed by atoms with E-state index in [2.05, 4.69) is 26.2 Å². The topological polar surface area (TPSA) is 42.0 Å². The van der Waals surface area contributed by atoms with Crippen molar-refractivity contribution in [3.63, 3.8) is 0 Å². The monoisotopic (exact) mass is 386 g/mol. The van der Waals surface area contributed by atoms with Gasteiger partial charge in [0, 0.05) is 15.4 Å². The Morgan fingerprint density at radius 2 is 1.83 bits per heavy atom. The SMILES string of the molecule is Cc1ccc(CC(=O)Nc2nc(-c3ccc(Br)cc3)cs2)cc1. The highest BCUT2D eigenvalue weighted by Crippen LogP contribution is 2.26. The summed E-state index contributed by atoms with van der Waals surface area (Å²) in [6, 6.07) is 15.9. The first-order valence-corrected chi connectivity index (χ1v) is 8.84. The van der Waals surface area contributed by atoms with Crippen molar-refractivity contribution in [3.05, 3.63) is 69.5 Å². The summed E-state index contributed by atoms with van der Waals surface area (Å²) >= 11 is 4.85. The Morgan fingerprint density at radius 1 is 1.13 bits per heavy atom. The van der Waals surface area contributed by atoms with Crippen LogP contribution in [0.25, 0.3) is 11.3 Å². The Bertz CT molecular complexity index is 810. The van der Waals surface area contributed by atoms with Crippen LogP contribution in [0.3, 0.4) is 0 Å². The Balaban J connectivity index is 1.65. The van der Waals surface area contributed by atoms with Crippen LogP contribution in [0.1, 0.15) is 11.1 Å². The van der Waals surface area contributed by atoms with E-state index in [0.29, 0.717) is 11.6 Å². The lowest BCUT2D eigenvalue weighted by Crippen LogP contribution is -2.14. The third-order valence-corrected chi connectivity index (χ3v) is 4.66. The molecule has 0 aliphatic rings. The molecule has 0 spiro atoms. The van der Waals surface area contributed by atoms with E-state index in [0.717, 1.165) is 21.3 Å². The molecule has 1 aromatic heterocycles. The summed E-state index contributed by atoms with van der Waals surface area (Å²) in [7, 11) is 0. The van der Waals surface area contributed by atoms with Gasteiger partial charge < -0.3 is 5.32 Å². The van der Waals surface area contributed by atoms with Gasteiger partial charge in [0.05, 0.1) is 12.1 Å². The number of carbonyl (C=O) groups excluding carboxylic acids is 1. The fraction of sp³-hybridized carbons (Fsp3) is 0.111. The minimum Gasteiger partial charge on any atom is -0.302 e. The lowest BCUT2D eigenvalue weighted by atomic mass is 10.1. The molecule has 3 nitrogen and oxygen atoms in total. The maximum atomic E-state index is 12.1. The van der Waals surface area contributed by atoms with Gasteiger partial charge in [-0.25, -0.2) is 4.98 Å². The largest absolute Gasteiger partial charge is 0.302 e. The van der Waals surface area contributed by atoms with Crippen LogP contribution in [-0.2, 0) is 11.2 Å². The zero-order valence-corrected chi connectivity index (χ0v) is 14.9. The van der Waals surface area contributed by atoms with Gasteiger partial charge in [0.1, 0.15) is 0 Å². The number of thiazole rings is 1. The highest BCUT2D eigenvalue weighted by atomic mass is 79.9. The van der Waals surface area contributed by atoms with E-state index < -0.39 is 0 Å². The van der Waals surface area contributed by atoms with Gasteiger partial charge >= 0.3 is 0 Å². The van der Waals surface area contributed by atoms with Gasteiger partial charge in [-0.15, -0.1) is 11.3 Å². The summed E-state index contributed by atoms with van der Waals surface area (Å²) in [5.41, 5.74) is 4.09. The Kier molecular flexibility index (Phi) is 4.88. The molecule has 3 aromatic rings. The van der Waals surface area contributed by atoms with Crippen molar-refractivity contribution in [3.8, 4) is 11.3 Å². The predicted octanol–water partition coefficient (Wildman–Crippen LogP) is 5.06. The molecule has 0 saturated carbocycles. The first-order chi connectivity index (χ1) is 11.1. The van der Waals surface area contributed by atoms with Gasteiger partial charge in [-0.2, -0.15) is 0 Å². The molecule has 0 radical (unpaired) electrons. The van der Waals surface area contributed by atoms with Gasteiger partial charge in [-0.05, 0) is 24.6 Å². The Labute approximate surface area is 147 Å². The maximum absolute atomic E-state index is 12.1. The smallest absolute Gasteiger partial charge is 0.230 e. The van der Waals surface area contributed by atoms with E-state index in [1.165, 1.54) is 16.9 Å². The molecule has 116 valence electrons. The van der Waals surface area contributed by atoms with Crippen LogP contribution in [0, 0.1) is 6.92 Å². The van der Waals surface area contributed by atoms with Crippen LogP contribution < -0.4 is 5.32 Å². The van der Waals surface area contributed by atoms with Gasteiger partial charge in [0.25, 0.3) is 0 Å². The van der Waals surface area contributed by atoms with E-state index in [1.807, 2.05) is 60.8 Å². The second kappa shape index (κ2) is 7.06. The number of hydrogen-bond acceptors (Lipinski definition) is 3. The average molecular weight is 387 g/mol. The van der Waals surface area contributed by atoms with Gasteiger partial charge in [0.2, 0.25) is 5.91 Å². The first kappa shape index (κ1) is 15.9. The standard InChI is InChI=1S/C18H15BrN2OS/c1-12-2-4-13(5-3-12)10-17(22)21-18-20-16(11-23-18)14-6-8-15(19)9-7-14/h2-9,11H,10H2,1H3,(H,20,21,22). The van der Waals surface area contributed by atoms with Crippen molar-refractivity contribution in [2.24, 2.45) is 0 Å². The lowest BCUT2D eigenvalue weighted by Gasteiger charge is -2.02. The number of hydrogen-bond donors (Lipinski definition) is 1. The zero-order chi connectivity index (χ0) is 16.2. The van der Waals surface area contributed by atoms with Crippen molar-refractivity contribution >= 4 is 38.3 Å². The fourth-order valence-corrected chi connectivity index (χ4v) is 3.14. The van der Waals surface area contributed by atoms with Crippen molar-refractivity contribution in [1.29, 1.82) is 0 Å². The van der Waals surface area contributed by atoms with Gasteiger partial charge in [0.15, 0.2) is 5.13 Å². The number of aryl methyl sites for hydroxylation is 1. The van der Waals surface area contributed by atoms with Crippen LogP contribution in [0.4, 0.5) is 5.13 Å². The number of nitrogens with zero attached hydrogens (tertiary/aromatic N) is 1. The molecule has 1 heterocycles. The number of halogens is 1. The number of anilines is 1. The van der Waals surface area contributed by atoms with Crippen LogP contribution in [-0.4, -0.2) is 10.9 Å². The number of amides is 1. The lowest BCUT2D eigenvalue weighted by molar-refractivity contribution is -0.115. The summed E-state index contributed by atoms with van der Waals surface area (Å²) in [5.74, 6) is -0.0504. The molecule has 0 atom stereocenters. The molecule has 2 aromatic carbocycles. The zero-order valence-electron chi connectivity index (χ0n) is 12.5. The summed E-state index contributed by atoms with van der Waals surface area (Å²) < 4.78 is 1.03. The molecule has 1 N–H and O–H groups in total. The third-order valence-electron chi connectivity index (χ3n) is 3.38. The van der Waals surface area contributed by atoms with Gasteiger partial charge in [-0.3, -0.25) is 4.79 Å². The van der Waals surface area contributed by atoms with Crippen molar-refractivity contribution in [2.45, 2.75) is 13.3 Å². The number of carbonyl (C=O) groups is 1. The number of nitrogens with one attached hydrogen (secondary N) is 1. The number of aromatic nitrogens is 1. The molecule has 0 fully saturated rings. The van der Waals surface area contributed by atoms with Crippen LogP contribution >= 0.6 is 27.3 Å². The number of benzene rings is 2. The van der Waals surface area contributed by atoms with Crippen LogP contribution in [0.5, 0.6) is 0 Å². The van der Waals surface area contributed by atoms with Crippen molar-refractivity contribution < 1.29 is 4.79 Å². The predicted molar refractivity (Wildman–Crippen MR) is 98.8 cm³/mol. The Hall–Kier alpha value is -1.98. The van der Waals surface area contributed by atoms with E-state index in [9.17, 15) is 4.79 Å². The first-order valence-electron chi connectivity index (χ1n) is 7.17. The maximum Gasteiger partial charge on any atom is 0.230 e. The average Bonchev–Trinajstić information content (AvgIpc) is 2.98. The van der Waals surface area contributed by atoms with E-state index in [4.69, 9.17) is 0 Å². The second-order valence-corrected chi connectivity index (χ2v) is 7.03. The molecule has 0 saturated heterocycles. The van der Waals surface area contributed by atoms with Gasteiger partial charge in [-0.1, -0.05) is 57.9 Å². The molecule has 0 aliphatic heterocycles. The molecule has 23 heavy (non-hydrogen) atoms. The van der Waals surface area contributed by atoms with Crippen LogP contribution in [0.15, 0.2) is 58.4 Å². The molecule has 1 amide bonds. The molecule has 5 heteroatoms. The Morgan fingerprint density at radius 3 is 2.52 bits per heavy atom. The highest BCUT2D eigenvalue weighted by Gasteiger charge is 2.09. The highest BCUT2D eigenvalue weighted by molar-refractivity contribution is 9.10.